The molecule has 0 atom stereocenters. The topological polar surface area (TPSA) is 18.5 Å². The van der Waals surface area contributed by atoms with Crippen molar-refractivity contribution < 1.29 is 9.47 Å². The Morgan fingerprint density at radius 2 is 1.02 bits per heavy atom. The van der Waals surface area contributed by atoms with Crippen molar-refractivity contribution in [2.75, 3.05) is 13.2 Å². The van der Waals surface area contributed by atoms with Crippen LogP contribution in [0.4, 0.5) is 0 Å². The predicted octanol–water partition coefficient (Wildman–Crippen LogP) is 8.76. The molecule has 0 N–H and O–H groups in total. The molecule has 0 aliphatic carbocycles. The van der Waals surface area contributed by atoms with Crippen LogP contribution in [0.3, 0.4) is 0 Å². The molecule has 2 heterocycles. The summed E-state index contributed by atoms with van der Waals surface area (Å²) in [7, 11) is -1.82. The van der Waals surface area contributed by atoms with Crippen LogP contribution >= 0.6 is 15.8 Å². The fraction of sp³-hybridized carbons (Fsp3) is 0.143. The Morgan fingerprint density at radius 3 is 1.59 bits per heavy atom. The standard InChI is InChI=1S/C42H38O2P2/c1-5-19-34(20-6-1)45(35-21-7-2-8-22-35)39-28-13-27-38-41(39)40(29-16-31-43-30-14-17-33-18-15-32-44-42(33)38)46(36-23-9-3-10-24-36)37-25-11-4-12-26-37/h1-13,16,19-29,31H,14-15,17-18,30,32H2/b31-16-,40-29+. The summed E-state index contributed by atoms with van der Waals surface area (Å²) in [6.45, 7) is 1.44. The number of hydrogen-bond acceptors (Lipinski definition) is 2. The van der Waals surface area contributed by atoms with Crippen LogP contribution in [0, 0.1) is 0 Å². The average molecular weight is 637 g/mol. The van der Waals surface area contributed by atoms with Crippen molar-refractivity contribution in [3.63, 3.8) is 0 Å². The first-order chi connectivity index (χ1) is 22.9. The van der Waals surface area contributed by atoms with Crippen LogP contribution < -0.4 is 26.5 Å². The first-order valence-corrected chi connectivity index (χ1v) is 18.8. The maximum Gasteiger partial charge on any atom is 0.126 e. The summed E-state index contributed by atoms with van der Waals surface area (Å²) in [4.78, 5) is 0. The zero-order chi connectivity index (χ0) is 31.0. The highest BCUT2D eigenvalue weighted by Gasteiger charge is 2.31. The van der Waals surface area contributed by atoms with E-state index in [0.29, 0.717) is 6.61 Å². The van der Waals surface area contributed by atoms with E-state index in [2.05, 4.69) is 152 Å². The third kappa shape index (κ3) is 6.66. The monoisotopic (exact) mass is 636 g/mol. The Hall–Kier alpha value is -4.22. The molecular weight excluding hydrogens is 598 g/mol. The van der Waals surface area contributed by atoms with E-state index in [-0.39, 0.29) is 0 Å². The molecule has 0 saturated carbocycles. The van der Waals surface area contributed by atoms with Gasteiger partial charge in [-0.15, -0.1) is 0 Å². The maximum absolute atomic E-state index is 6.71. The second-order valence-corrected chi connectivity index (χ2v) is 15.8. The molecule has 228 valence electrons. The molecule has 0 bridgehead atoms. The lowest BCUT2D eigenvalue weighted by molar-refractivity contribution is 0.235. The number of fused-ring (bicyclic) bond motifs is 2. The van der Waals surface area contributed by atoms with Gasteiger partial charge in [0.1, 0.15) is 5.76 Å². The Bertz CT molecular complexity index is 1750. The molecule has 5 aromatic rings. The van der Waals surface area contributed by atoms with Crippen LogP contribution in [0.1, 0.15) is 36.8 Å². The van der Waals surface area contributed by atoms with E-state index >= 15 is 0 Å². The number of allylic oxidation sites excluding steroid dienone is 3. The van der Waals surface area contributed by atoms with Crippen LogP contribution in [0.2, 0.25) is 0 Å². The van der Waals surface area contributed by atoms with Crippen LogP contribution in [0.25, 0.3) is 11.1 Å². The SMILES string of the molecule is C1=C\OCCCC2=C(OCCC2)c2cccc(P(c3ccccc3)c3ccccc3)c2\C(P(c2ccccc2)c2ccccc2)=C/1. The predicted molar refractivity (Wildman–Crippen MR) is 199 cm³/mol. The largest absolute Gasteiger partial charge is 0.501 e. The zero-order valence-corrected chi connectivity index (χ0v) is 27.8. The third-order valence-corrected chi connectivity index (χ3v) is 13.4. The molecule has 5 aromatic carbocycles. The Kier molecular flexibility index (Phi) is 9.87. The number of hydrogen-bond donors (Lipinski definition) is 0. The molecule has 0 fully saturated rings. The summed E-state index contributed by atoms with van der Waals surface area (Å²) < 4.78 is 12.8. The van der Waals surface area contributed by atoms with E-state index in [9.17, 15) is 0 Å². The molecule has 0 saturated heterocycles. The molecule has 2 aliphatic rings. The van der Waals surface area contributed by atoms with Gasteiger partial charge in [-0.05, 0) is 85.0 Å². The van der Waals surface area contributed by atoms with Crippen LogP contribution in [0.15, 0.2) is 164 Å². The van der Waals surface area contributed by atoms with Crippen molar-refractivity contribution in [1.82, 2.24) is 0 Å². The molecule has 46 heavy (non-hydrogen) atoms. The molecule has 0 amide bonds. The lowest BCUT2D eigenvalue weighted by Crippen LogP contribution is -2.25. The van der Waals surface area contributed by atoms with Crippen molar-refractivity contribution in [3.05, 3.63) is 175 Å². The number of benzene rings is 5. The van der Waals surface area contributed by atoms with Gasteiger partial charge in [0.25, 0.3) is 0 Å². The van der Waals surface area contributed by atoms with Gasteiger partial charge >= 0.3 is 0 Å². The summed E-state index contributed by atoms with van der Waals surface area (Å²) in [5.74, 6) is 1.07. The molecule has 2 nitrogen and oxygen atoms in total. The first kappa shape index (κ1) is 30.4. The average Bonchev–Trinajstić information content (AvgIpc) is 3.12. The fourth-order valence-corrected chi connectivity index (χ4v) is 11.5. The van der Waals surface area contributed by atoms with Crippen molar-refractivity contribution in [1.29, 1.82) is 0 Å². The van der Waals surface area contributed by atoms with E-state index in [1.54, 1.807) is 0 Å². The first-order valence-electron chi connectivity index (χ1n) is 16.2. The normalized spacial score (nSPS) is 17.0. The van der Waals surface area contributed by atoms with Crippen molar-refractivity contribution in [2.45, 2.75) is 25.7 Å². The lowest BCUT2D eigenvalue weighted by atomic mass is 9.95. The van der Waals surface area contributed by atoms with E-state index in [1.165, 1.54) is 48.5 Å². The molecule has 7 rings (SSSR count). The fourth-order valence-electron chi connectivity index (χ4n) is 6.42. The lowest BCUT2D eigenvalue weighted by Gasteiger charge is -2.31. The van der Waals surface area contributed by atoms with Crippen LogP contribution in [-0.2, 0) is 9.47 Å². The number of rotatable bonds is 6. The molecule has 0 radical (unpaired) electrons. The quantitative estimate of drug-likeness (QED) is 0.174. The van der Waals surface area contributed by atoms with Crippen LogP contribution in [-0.4, -0.2) is 13.2 Å². The molecule has 2 aliphatic heterocycles. The summed E-state index contributed by atoms with van der Waals surface area (Å²) >= 11 is 0. The minimum absolute atomic E-state index is 0.697. The van der Waals surface area contributed by atoms with Gasteiger partial charge in [-0.3, -0.25) is 0 Å². The zero-order valence-electron chi connectivity index (χ0n) is 26.0. The van der Waals surface area contributed by atoms with Gasteiger partial charge in [-0.1, -0.05) is 146 Å². The Balaban J connectivity index is 1.58. The highest BCUT2D eigenvalue weighted by molar-refractivity contribution is 7.83. The van der Waals surface area contributed by atoms with Crippen LogP contribution in [0.5, 0.6) is 0 Å². The third-order valence-electron chi connectivity index (χ3n) is 8.44. The van der Waals surface area contributed by atoms with Gasteiger partial charge in [0.2, 0.25) is 0 Å². The highest BCUT2D eigenvalue weighted by atomic mass is 31.1. The minimum Gasteiger partial charge on any atom is -0.501 e. The maximum atomic E-state index is 6.71. The Labute approximate surface area is 275 Å². The molecule has 0 spiro atoms. The second-order valence-electron chi connectivity index (χ2n) is 11.5. The summed E-state index contributed by atoms with van der Waals surface area (Å²) in [6.07, 6.45) is 10.4. The highest BCUT2D eigenvalue weighted by Crippen LogP contribution is 2.53. The van der Waals surface area contributed by atoms with Gasteiger partial charge in [-0.25, -0.2) is 0 Å². The summed E-state index contributed by atoms with van der Waals surface area (Å²) in [6, 6.07) is 51.1. The van der Waals surface area contributed by atoms with E-state index in [1.807, 2.05) is 6.26 Å². The van der Waals surface area contributed by atoms with Gasteiger partial charge in [0, 0.05) is 11.1 Å². The Morgan fingerprint density at radius 1 is 0.500 bits per heavy atom. The molecule has 0 unspecified atom stereocenters. The van der Waals surface area contributed by atoms with Gasteiger partial charge in [-0.2, -0.15) is 0 Å². The van der Waals surface area contributed by atoms with Gasteiger partial charge < -0.3 is 9.47 Å². The molecular formula is C42H38O2P2. The van der Waals surface area contributed by atoms with Gasteiger partial charge in [0.05, 0.1) is 19.5 Å². The van der Waals surface area contributed by atoms with Crippen molar-refractivity contribution in [2.24, 2.45) is 0 Å². The summed E-state index contributed by atoms with van der Waals surface area (Å²) in [5, 5.41) is 7.97. The second kappa shape index (κ2) is 14.9. The van der Waals surface area contributed by atoms with Crippen molar-refractivity contribution >= 4 is 53.4 Å². The van der Waals surface area contributed by atoms with Gasteiger partial charge in [0.15, 0.2) is 0 Å². The van der Waals surface area contributed by atoms with E-state index < -0.39 is 15.8 Å². The summed E-state index contributed by atoms with van der Waals surface area (Å²) in [5.41, 5.74) is 3.91. The van der Waals surface area contributed by atoms with Crippen molar-refractivity contribution in [3.8, 4) is 0 Å². The van der Waals surface area contributed by atoms with E-state index in [4.69, 9.17) is 9.47 Å². The minimum atomic E-state index is -0.937. The smallest absolute Gasteiger partial charge is 0.126 e. The molecule has 4 heteroatoms. The van der Waals surface area contributed by atoms with E-state index in [0.717, 1.165) is 38.0 Å². The molecule has 0 aromatic heterocycles. The number of ether oxygens (including phenoxy) is 2.